The molecule has 0 N–H and O–H groups in total. The highest BCUT2D eigenvalue weighted by atomic mass is 16.3. The number of benzene rings is 1. The second kappa shape index (κ2) is 2.75. The van der Waals surface area contributed by atoms with Crippen LogP contribution in [0.25, 0.3) is 11.0 Å². The summed E-state index contributed by atoms with van der Waals surface area (Å²) >= 11 is 0. The molecule has 1 nitrogen and oxygen atoms in total. The lowest BCUT2D eigenvalue weighted by Crippen LogP contribution is -1.58. The summed E-state index contributed by atoms with van der Waals surface area (Å²) in [6.45, 7) is 1.80. The smallest absolute Gasteiger partial charge is 0.178 e. The molecule has 0 aliphatic heterocycles. The maximum absolute atomic E-state index is 5.43. The molecule has 0 atom stereocenters. The van der Waals surface area contributed by atoms with Crippen LogP contribution in [0.15, 0.2) is 34.7 Å². The Balaban J connectivity index is 2.67. The lowest BCUT2D eigenvalue weighted by atomic mass is 10.2. The van der Waals surface area contributed by atoms with Crippen LogP contribution >= 0.6 is 0 Å². The Bertz CT molecular complexity index is 421. The summed E-state index contributed by atoms with van der Waals surface area (Å²) in [5, 5.41) is 1.11. The van der Waals surface area contributed by atoms with Crippen molar-refractivity contribution >= 4 is 11.0 Å². The van der Waals surface area contributed by atoms with Crippen molar-refractivity contribution in [1.82, 2.24) is 0 Å². The van der Waals surface area contributed by atoms with Crippen molar-refractivity contribution in [2.45, 2.75) is 6.92 Å². The first-order chi connectivity index (χ1) is 5.90. The lowest BCUT2D eigenvalue weighted by molar-refractivity contribution is 0.601. The van der Waals surface area contributed by atoms with Gasteiger partial charge in [-0.05, 0) is 18.9 Å². The summed E-state index contributed by atoms with van der Waals surface area (Å²) in [5.74, 6) is 6.42. The van der Waals surface area contributed by atoms with Crippen molar-refractivity contribution < 1.29 is 4.42 Å². The van der Waals surface area contributed by atoms with E-state index in [-0.39, 0.29) is 0 Å². The Morgan fingerprint density at radius 2 is 2.08 bits per heavy atom. The Morgan fingerprint density at radius 1 is 1.25 bits per heavy atom. The van der Waals surface area contributed by atoms with E-state index < -0.39 is 0 Å². The van der Waals surface area contributed by atoms with Gasteiger partial charge in [0.05, 0.1) is 0 Å². The maximum atomic E-state index is 5.43. The highest BCUT2D eigenvalue weighted by Gasteiger charge is 1.97. The molecule has 2 rings (SSSR count). The average Bonchev–Trinajstić information content (AvgIpc) is 2.47. The largest absolute Gasteiger partial charge is 0.448 e. The van der Waals surface area contributed by atoms with Gasteiger partial charge in [-0.25, -0.2) is 0 Å². The molecule has 58 valence electrons. The fourth-order valence-corrected chi connectivity index (χ4v) is 1.17. The van der Waals surface area contributed by atoms with Gasteiger partial charge in [-0.1, -0.05) is 24.1 Å². The predicted molar refractivity (Wildman–Crippen MR) is 48.8 cm³/mol. The standard InChI is InChI=1S/C11H8O/c1-2-5-10-8-9-6-3-4-7-11(9)12-10/h3-4,6-8H,1H3. The van der Waals surface area contributed by atoms with Crippen molar-refractivity contribution in [3.63, 3.8) is 0 Å². The SMILES string of the molecule is CC#Cc1cc2ccccc2o1. The third-order valence-electron chi connectivity index (χ3n) is 1.67. The lowest BCUT2D eigenvalue weighted by Gasteiger charge is -1.81. The first kappa shape index (κ1) is 7.00. The monoisotopic (exact) mass is 156 g/mol. The van der Waals surface area contributed by atoms with Gasteiger partial charge < -0.3 is 4.42 Å². The van der Waals surface area contributed by atoms with Crippen LogP contribution in [0.4, 0.5) is 0 Å². The maximum Gasteiger partial charge on any atom is 0.178 e. The number of furan rings is 1. The molecule has 1 aromatic heterocycles. The minimum Gasteiger partial charge on any atom is -0.448 e. The van der Waals surface area contributed by atoms with Gasteiger partial charge in [0.15, 0.2) is 5.76 Å². The van der Waals surface area contributed by atoms with E-state index in [1.807, 2.05) is 30.3 Å². The molecule has 0 radical (unpaired) electrons. The molecule has 0 aliphatic carbocycles. The van der Waals surface area contributed by atoms with Crippen molar-refractivity contribution in [3.05, 3.63) is 36.1 Å². The van der Waals surface area contributed by atoms with Crippen molar-refractivity contribution in [2.75, 3.05) is 0 Å². The van der Waals surface area contributed by atoms with Gasteiger partial charge >= 0.3 is 0 Å². The fraction of sp³-hybridized carbons (Fsp3) is 0.0909. The summed E-state index contributed by atoms with van der Waals surface area (Å²) in [7, 11) is 0. The molecule has 0 aliphatic rings. The van der Waals surface area contributed by atoms with Crippen LogP contribution in [0, 0.1) is 11.8 Å². The minimum atomic E-state index is 0.735. The van der Waals surface area contributed by atoms with Gasteiger partial charge in [0.25, 0.3) is 0 Å². The summed E-state index contributed by atoms with van der Waals surface area (Å²) < 4.78 is 5.43. The number of rotatable bonds is 0. The highest BCUT2D eigenvalue weighted by Crippen LogP contribution is 2.17. The number of hydrogen-bond donors (Lipinski definition) is 0. The first-order valence-electron chi connectivity index (χ1n) is 3.81. The van der Waals surface area contributed by atoms with Gasteiger partial charge in [-0.15, -0.1) is 0 Å². The average molecular weight is 156 g/mol. The highest BCUT2D eigenvalue weighted by molar-refractivity contribution is 5.78. The van der Waals surface area contributed by atoms with Crippen molar-refractivity contribution in [2.24, 2.45) is 0 Å². The van der Waals surface area contributed by atoms with E-state index in [0.717, 1.165) is 16.7 Å². The molecule has 0 unspecified atom stereocenters. The van der Waals surface area contributed by atoms with Crippen LogP contribution in [0.2, 0.25) is 0 Å². The van der Waals surface area contributed by atoms with Gasteiger partial charge in [-0.3, -0.25) is 0 Å². The van der Waals surface area contributed by atoms with E-state index in [0.29, 0.717) is 0 Å². The second-order valence-electron chi connectivity index (χ2n) is 2.52. The van der Waals surface area contributed by atoms with Gasteiger partial charge in [0.2, 0.25) is 0 Å². The predicted octanol–water partition coefficient (Wildman–Crippen LogP) is 2.80. The molecule has 2 aromatic rings. The van der Waals surface area contributed by atoms with E-state index in [9.17, 15) is 0 Å². The van der Waals surface area contributed by atoms with E-state index in [2.05, 4.69) is 11.8 Å². The quantitative estimate of drug-likeness (QED) is 0.534. The van der Waals surface area contributed by atoms with E-state index in [1.165, 1.54) is 0 Å². The third kappa shape index (κ3) is 1.08. The Hall–Kier alpha value is -1.68. The van der Waals surface area contributed by atoms with Crippen LogP contribution in [0.3, 0.4) is 0 Å². The zero-order valence-corrected chi connectivity index (χ0v) is 6.79. The van der Waals surface area contributed by atoms with E-state index in [4.69, 9.17) is 4.42 Å². The number of fused-ring (bicyclic) bond motifs is 1. The van der Waals surface area contributed by atoms with Crippen LogP contribution < -0.4 is 0 Å². The summed E-state index contributed by atoms with van der Waals surface area (Å²) in [6.07, 6.45) is 0. The van der Waals surface area contributed by atoms with Gasteiger partial charge in [-0.2, -0.15) is 0 Å². The van der Waals surface area contributed by atoms with Crippen LogP contribution in [-0.2, 0) is 0 Å². The van der Waals surface area contributed by atoms with E-state index >= 15 is 0 Å². The summed E-state index contributed by atoms with van der Waals surface area (Å²) in [6, 6.07) is 9.84. The third-order valence-corrected chi connectivity index (χ3v) is 1.67. The molecular formula is C11H8O. The molecule has 0 saturated heterocycles. The van der Waals surface area contributed by atoms with Gasteiger partial charge in [0, 0.05) is 11.5 Å². The molecule has 1 heteroatoms. The normalized spacial score (nSPS) is 9.42. The number of para-hydroxylation sites is 1. The van der Waals surface area contributed by atoms with Gasteiger partial charge in [0.1, 0.15) is 5.58 Å². The summed E-state index contributed by atoms with van der Waals surface area (Å²) in [5.41, 5.74) is 0.898. The molecule has 0 fully saturated rings. The molecule has 12 heavy (non-hydrogen) atoms. The molecule has 0 spiro atoms. The first-order valence-corrected chi connectivity index (χ1v) is 3.81. The summed E-state index contributed by atoms with van der Waals surface area (Å²) in [4.78, 5) is 0. The second-order valence-corrected chi connectivity index (χ2v) is 2.52. The van der Waals surface area contributed by atoms with Crippen molar-refractivity contribution in [3.8, 4) is 11.8 Å². The Morgan fingerprint density at radius 3 is 2.83 bits per heavy atom. The molecular weight excluding hydrogens is 148 g/mol. The Labute approximate surface area is 71.0 Å². The minimum absolute atomic E-state index is 0.735. The van der Waals surface area contributed by atoms with Crippen LogP contribution in [0.1, 0.15) is 12.7 Å². The number of hydrogen-bond acceptors (Lipinski definition) is 1. The fourth-order valence-electron chi connectivity index (χ4n) is 1.17. The zero-order valence-electron chi connectivity index (χ0n) is 6.79. The van der Waals surface area contributed by atoms with E-state index in [1.54, 1.807) is 6.92 Å². The molecule has 0 saturated carbocycles. The Kier molecular flexibility index (Phi) is 1.60. The van der Waals surface area contributed by atoms with Crippen molar-refractivity contribution in [1.29, 1.82) is 0 Å². The molecule has 1 heterocycles. The van der Waals surface area contributed by atoms with Crippen LogP contribution in [0.5, 0.6) is 0 Å². The molecule has 1 aromatic carbocycles. The molecule has 0 bridgehead atoms. The topological polar surface area (TPSA) is 13.1 Å². The zero-order chi connectivity index (χ0) is 8.39. The van der Waals surface area contributed by atoms with Crippen LogP contribution in [-0.4, -0.2) is 0 Å². The molecule has 0 amide bonds.